The second-order valence-corrected chi connectivity index (χ2v) is 1.98. The molecule has 0 saturated heterocycles. The van der Waals surface area contributed by atoms with Gasteiger partial charge in [-0.05, 0) is 6.58 Å². The van der Waals surface area contributed by atoms with Gasteiger partial charge in [-0.15, -0.1) is 0 Å². The van der Waals surface area contributed by atoms with Crippen molar-refractivity contribution in [2.24, 2.45) is 0 Å². The lowest BCUT2D eigenvalue weighted by Gasteiger charge is -1.79. The van der Waals surface area contributed by atoms with E-state index in [1.807, 2.05) is 35.2 Å². The average Bonchev–Trinajstić information content (AvgIpc) is 2.19. The fourth-order valence-corrected chi connectivity index (χ4v) is 0.534. The molecule has 0 bridgehead atoms. The second kappa shape index (κ2) is 7.48. The lowest BCUT2D eigenvalue weighted by Crippen LogP contribution is -2.22. The summed E-state index contributed by atoms with van der Waals surface area (Å²) in [5.41, 5.74) is 0. The largest absolute Gasteiger partial charge is 0.174 e. The molecular weight excluding hydrogens is 146 g/mol. The molecule has 0 amide bonds. The molecule has 0 saturated carbocycles. The third-order valence-electron chi connectivity index (χ3n) is 1.12. The van der Waals surface area contributed by atoms with Gasteiger partial charge in [-0.1, -0.05) is 31.4 Å². The van der Waals surface area contributed by atoms with Gasteiger partial charge in [-0.25, -0.2) is 0 Å². The molecule has 0 aromatic carbocycles. The fourth-order valence-electron chi connectivity index (χ4n) is 0.534. The van der Waals surface area contributed by atoms with Gasteiger partial charge in [0.25, 0.3) is 0 Å². The highest BCUT2D eigenvalue weighted by atomic mass is 14.9. The van der Waals surface area contributed by atoms with Crippen LogP contribution in [0, 0.1) is 0 Å². The van der Waals surface area contributed by atoms with Crippen molar-refractivity contribution >= 4 is 6.20 Å². The molecule has 0 unspecified atom stereocenters. The molecule has 0 radical (unpaired) electrons. The van der Waals surface area contributed by atoms with Crippen LogP contribution in [0.5, 0.6) is 0 Å². The van der Waals surface area contributed by atoms with Gasteiger partial charge in [0.1, 0.15) is 0 Å². The first kappa shape index (κ1) is 10.4. The van der Waals surface area contributed by atoms with Gasteiger partial charge in [-0.3, -0.25) is 0 Å². The zero-order valence-electron chi connectivity index (χ0n) is 7.19. The van der Waals surface area contributed by atoms with Crippen molar-refractivity contribution in [3.63, 3.8) is 0 Å². The highest BCUT2D eigenvalue weighted by molar-refractivity contribution is 4.97. The summed E-state index contributed by atoms with van der Waals surface area (Å²) in [5.74, 6) is 0. The molecular formula is C11H14N+. The summed E-state index contributed by atoms with van der Waals surface area (Å²) in [7, 11) is 0. The van der Waals surface area contributed by atoms with Gasteiger partial charge >= 0.3 is 0 Å². The van der Waals surface area contributed by atoms with Gasteiger partial charge in [0.15, 0.2) is 18.6 Å². The molecule has 1 aromatic rings. The van der Waals surface area contributed by atoms with E-state index in [-0.39, 0.29) is 0 Å². The number of hydrogen-bond donors (Lipinski definition) is 0. The summed E-state index contributed by atoms with van der Waals surface area (Å²) in [4.78, 5) is 0. The second-order valence-electron chi connectivity index (χ2n) is 1.98. The first-order valence-electron chi connectivity index (χ1n) is 3.67. The molecule has 62 valence electrons. The number of allylic oxidation sites excluding steroid dienone is 2. The highest BCUT2D eigenvalue weighted by Gasteiger charge is 1.83. The minimum Gasteiger partial charge on any atom is -0.174 e. The monoisotopic (exact) mass is 160 g/mol. The maximum atomic E-state index is 3.59. The molecule has 0 N–H and O–H groups in total. The first-order chi connectivity index (χ1) is 5.85. The van der Waals surface area contributed by atoms with Crippen molar-refractivity contribution in [3.8, 4) is 0 Å². The predicted octanol–water partition coefficient (Wildman–Crippen LogP) is 2.43. The smallest absolute Gasteiger partial charge is 0.174 e. The summed E-state index contributed by atoms with van der Waals surface area (Å²) in [6.07, 6.45) is 8.90. The zero-order chi connectivity index (χ0) is 9.23. The van der Waals surface area contributed by atoms with Gasteiger partial charge in [-0.2, -0.15) is 4.57 Å². The van der Waals surface area contributed by atoms with E-state index in [0.29, 0.717) is 0 Å². The Morgan fingerprint density at radius 3 is 1.58 bits per heavy atom. The number of hydrogen-bond acceptors (Lipinski definition) is 0. The van der Waals surface area contributed by atoms with Crippen LogP contribution in [0.2, 0.25) is 0 Å². The zero-order valence-corrected chi connectivity index (χ0v) is 7.19. The van der Waals surface area contributed by atoms with Crippen LogP contribution < -0.4 is 4.57 Å². The van der Waals surface area contributed by atoms with E-state index in [1.54, 1.807) is 18.4 Å². The molecule has 0 aliphatic rings. The van der Waals surface area contributed by atoms with Crippen LogP contribution in [0.1, 0.15) is 0 Å². The van der Waals surface area contributed by atoms with Gasteiger partial charge in [0.2, 0.25) is 0 Å². The minimum atomic E-state index is 1.64. The Hall–Kier alpha value is -1.63. The van der Waals surface area contributed by atoms with Crippen LogP contribution in [0.3, 0.4) is 0 Å². The maximum absolute atomic E-state index is 3.59. The molecule has 1 heteroatoms. The van der Waals surface area contributed by atoms with Crippen molar-refractivity contribution in [2.75, 3.05) is 0 Å². The molecule has 1 heterocycles. The Morgan fingerprint density at radius 1 is 0.833 bits per heavy atom. The molecule has 1 rings (SSSR count). The van der Waals surface area contributed by atoms with E-state index in [1.165, 1.54) is 0 Å². The van der Waals surface area contributed by atoms with Crippen molar-refractivity contribution < 1.29 is 4.57 Å². The maximum Gasteiger partial charge on any atom is 0.174 e. The van der Waals surface area contributed by atoms with Crippen LogP contribution in [0.15, 0.2) is 62.5 Å². The molecule has 1 aromatic heterocycles. The van der Waals surface area contributed by atoms with Crippen LogP contribution in [0.4, 0.5) is 0 Å². The lowest BCUT2D eigenvalue weighted by atomic mass is 10.5. The quantitative estimate of drug-likeness (QED) is 0.462. The minimum absolute atomic E-state index is 1.64. The summed E-state index contributed by atoms with van der Waals surface area (Å²) < 4.78 is 1.89. The van der Waals surface area contributed by atoms with E-state index < -0.39 is 0 Å². The number of nitrogens with zero attached hydrogens (tertiary/aromatic N) is 1. The highest BCUT2D eigenvalue weighted by Crippen LogP contribution is 1.74. The summed E-state index contributed by atoms with van der Waals surface area (Å²) in [6.45, 7) is 10.3. The van der Waals surface area contributed by atoms with Crippen LogP contribution in [-0.4, -0.2) is 0 Å². The normalized spacial score (nSPS) is 7.33. The Kier molecular flexibility index (Phi) is 6.46. The summed E-state index contributed by atoms with van der Waals surface area (Å²) in [5, 5.41) is 0. The number of pyridine rings is 1. The van der Waals surface area contributed by atoms with E-state index in [0.717, 1.165) is 0 Å². The number of rotatable bonds is 2. The van der Waals surface area contributed by atoms with E-state index in [9.17, 15) is 0 Å². The van der Waals surface area contributed by atoms with Gasteiger partial charge < -0.3 is 0 Å². The average molecular weight is 160 g/mol. The molecule has 0 fully saturated rings. The van der Waals surface area contributed by atoms with Crippen LogP contribution in [-0.2, 0) is 0 Å². The first-order valence-corrected chi connectivity index (χ1v) is 3.67. The van der Waals surface area contributed by atoms with Crippen molar-refractivity contribution in [2.45, 2.75) is 0 Å². The van der Waals surface area contributed by atoms with E-state index >= 15 is 0 Å². The van der Waals surface area contributed by atoms with Gasteiger partial charge in [0, 0.05) is 12.1 Å². The van der Waals surface area contributed by atoms with E-state index in [2.05, 4.69) is 19.7 Å². The molecule has 0 atom stereocenters. The third kappa shape index (κ3) is 5.18. The third-order valence-corrected chi connectivity index (χ3v) is 1.12. The Balaban J connectivity index is 0.000000261. The fraction of sp³-hybridized carbons (Fsp3) is 0. The Bertz CT molecular complexity index is 230. The van der Waals surface area contributed by atoms with Crippen LogP contribution in [0.25, 0.3) is 6.20 Å². The SMILES string of the molecule is C=CC=C.C=C[n+]1ccccc1. The van der Waals surface area contributed by atoms with Crippen molar-refractivity contribution in [1.82, 2.24) is 0 Å². The molecule has 0 aliphatic carbocycles. The Labute approximate surface area is 74.0 Å². The topological polar surface area (TPSA) is 3.88 Å². The lowest BCUT2D eigenvalue weighted by molar-refractivity contribution is -0.567. The van der Waals surface area contributed by atoms with Crippen molar-refractivity contribution in [1.29, 1.82) is 0 Å². The molecule has 1 nitrogen and oxygen atoms in total. The predicted molar refractivity (Wildman–Crippen MR) is 53.4 cm³/mol. The standard InChI is InChI=1S/C7H8N.C4H6/c1-2-8-6-4-3-5-7-8;1-3-4-2/h2-7H,1H2;3-4H,1-2H2/q+1;. The Morgan fingerprint density at radius 2 is 1.33 bits per heavy atom. The molecule has 0 aliphatic heterocycles. The summed E-state index contributed by atoms with van der Waals surface area (Å²) >= 11 is 0. The molecule has 0 spiro atoms. The summed E-state index contributed by atoms with van der Waals surface area (Å²) in [6, 6.07) is 5.89. The van der Waals surface area contributed by atoms with Crippen molar-refractivity contribution in [3.05, 3.63) is 62.5 Å². The van der Waals surface area contributed by atoms with E-state index in [4.69, 9.17) is 0 Å². The van der Waals surface area contributed by atoms with Crippen LogP contribution >= 0.6 is 0 Å². The number of aromatic nitrogens is 1. The van der Waals surface area contributed by atoms with Gasteiger partial charge in [0.05, 0.1) is 0 Å². The molecule has 12 heavy (non-hydrogen) atoms.